The maximum atomic E-state index is 13.1. The molecule has 13 nitrogen and oxygen atoms in total. The van der Waals surface area contributed by atoms with Gasteiger partial charge in [-0.3, -0.25) is 9.35 Å². The predicted molar refractivity (Wildman–Crippen MR) is 238 cm³/mol. The Morgan fingerprint density at radius 1 is 0.667 bits per heavy atom. The van der Waals surface area contributed by atoms with E-state index in [-0.39, 0.29) is 6.42 Å². The van der Waals surface area contributed by atoms with Gasteiger partial charge in [0.15, 0.2) is 6.29 Å². The first-order valence-corrected chi connectivity index (χ1v) is 25.2. The SMILES string of the molecule is CCCCCCCCCCC/C=C\CCCCCCCCC(O)C(=O)NC(COC1OC(CO)C(O)C(OS(=O)(=O)O)C1O)C(O)/C=C/CCCCCCCCCCCC. The lowest BCUT2D eigenvalue weighted by Gasteiger charge is -2.41. The van der Waals surface area contributed by atoms with Gasteiger partial charge in [0.05, 0.1) is 25.4 Å². The quantitative estimate of drug-likeness (QED) is 0.0176. The summed E-state index contributed by atoms with van der Waals surface area (Å²) in [7, 11) is -5.12. The van der Waals surface area contributed by atoms with E-state index in [1.807, 2.05) is 6.08 Å². The molecule has 354 valence electrons. The van der Waals surface area contributed by atoms with E-state index < -0.39 is 78.5 Å². The van der Waals surface area contributed by atoms with Gasteiger partial charge in [0.25, 0.3) is 0 Å². The van der Waals surface area contributed by atoms with E-state index in [0.717, 1.165) is 64.2 Å². The minimum Gasteiger partial charge on any atom is -0.394 e. The molecule has 0 saturated carbocycles. The lowest BCUT2D eigenvalue weighted by Crippen LogP contribution is -2.61. The first kappa shape index (κ1) is 56.6. The van der Waals surface area contributed by atoms with Crippen molar-refractivity contribution in [1.29, 1.82) is 0 Å². The largest absolute Gasteiger partial charge is 0.397 e. The lowest BCUT2D eigenvalue weighted by molar-refractivity contribution is -0.298. The van der Waals surface area contributed by atoms with Crippen molar-refractivity contribution in [2.24, 2.45) is 0 Å². The number of aliphatic hydroxyl groups excluding tert-OH is 5. The Hall–Kier alpha value is -1.46. The Bertz CT molecular complexity index is 1190. The third-order valence-electron chi connectivity index (χ3n) is 11.3. The second-order valence-electron chi connectivity index (χ2n) is 16.8. The van der Waals surface area contributed by atoms with Crippen LogP contribution in [0, 0.1) is 0 Å². The summed E-state index contributed by atoms with van der Waals surface area (Å²) in [5, 5.41) is 55.2. The highest BCUT2D eigenvalue weighted by atomic mass is 32.3. The number of carbonyl (C=O) groups excluding carboxylic acids is 1. The number of ether oxygens (including phenoxy) is 2. The summed E-state index contributed by atoms with van der Waals surface area (Å²) in [5.41, 5.74) is 0. The van der Waals surface area contributed by atoms with E-state index in [9.17, 15) is 43.3 Å². The zero-order valence-electron chi connectivity index (χ0n) is 37.4. The van der Waals surface area contributed by atoms with Gasteiger partial charge in [-0.2, -0.15) is 8.42 Å². The average Bonchev–Trinajstić information content (AvgIpc) is 3.22. The summed E-state index contributed by atoms with van der Waals surface area (Å²) >= 11 is 0. The molecule has 60 heavy (non-hydrogen) atoms. The Labute approximate surface area is 364 Å². The lowest BCUT2D eigenvalue weighted by atomic mass is 9.99. The van der Waals surface area contributed by atoms with Gasteiger partial charge >= 0.3 is 10.4 Å². The van der Waals surface area contributed by atoms with Crippen LogP contribution >= 0.6 is 0 Å². The average molecular weight is 878 g/mol. The molecule has 0 aliphatic carbocycles. The van der Waals surface area contributed by atoms with E-state index in [0.29, 0.717) is 12.8 Å². The number of hydrogen-bond acceptors (Lipinski definition) is 11. The highest BCUT2D eigenvalue weighted by Gasteiger charge is 2.48. The molecule has 14 heteroatoms. The van der Waals surface area contributed by atoms with Crippen LogP contribution < -0.4 is 5.32 Å². The molecule has 0 bridgehead atoms. The number of allylic oxidation sites excluding steroid dienone is 3. The first-order valence-electron chi connectivity index (χ1n) is 23.8. The molecule has 0 aromatic heterocycles. The zero-order valence-corrected chi connectivity index (χ0v) is 38.2. The fourth-order valence-electron chi connectivity index (χ4n) is 7.51. The number of amides is 1. The summed E-state index contributed by atoms with van der Waals surface area (Å²) in [6, 6.07) is -1.12. The van der Waals surface area contributed by atoms with Crippen molar-refractivity contribution >= 4 is 16.3 Å². The second-order valence-corrected chi connectivity index (χ2v) is 17.9. The van der Waals surface area contributed by atoms with E-state index in [1.54, 1.807) is 0 Å². The molecule has 1 aliphatic heterocycles. The van der Waals surface area contributed by atoms with Gasteiger partial charge in [-0.1, -0.05) is 179 Å². The van der Waals surface area contributed by atoms with Crippen LogP contribution in [0.25, 0.3) is 0 Å². The molecular weight excluding hydrogens is 791 g/mol. The topological polar surface area (TPSA) is 212 Å². The number of unbranched alkanes of at least 4 members (excludes halogenated alkanes) is 25. The molecule has 1 heterocycles. The molecule has 0 aromatic carbocycles. The summed E-state index contributed by atoms with van der Waals surface area (Å²) in [6.45, 7) is 3.20. The van der Waals surface area contributed by atoms with Crippen LogP contribution in [0.5, 0.6) is 0 Å². The number of rotatable bonds is 40. The standard InChI is InChI=1S/C46H87NO12S/c1-3-5-7-9-11-13-15-17-18-19-20-21-22-23-25-27-29-31-33-35-40(50)45(53)47-38(39(49)34-32-30-28-26-24-16-14-12-10-8-6-4-2)37-57-46-43(52)44(59-60(54,55)56)42(51)41(36-48)58-46/h20-21,32,34,38-44,46,48-52H,3-19,22-31,33,35-37H2,1-2H3,(H,47,53)(H,54,55,56)/b21-20-,34-32+. The Morgan fingerprint density at radius 3 is 1.55 bits per heavy atom. The number of carbonyl (C=O) groups is 1. The highest BCUT2D eigenvalue weighted by Crippen LogP contribution is 2.26. The molecular formula is C46H87NO12S. The normalized spacial score (nSPS) is 21.5. The minimum absolute atomic E-state index is 0.237. The van der Waals surface area contributed by atoms with Gasteiger partial charge in [0.2, 0.25) is 5.91 Å². The van der Waals surface area contributed by atoms with Crippen molar-refractivity contribution in [3.8, 4) is 0 Å². The highest BCUT2D eigenvalue weighted by molar-refractivity contribution is 7.80. The Balaban J connectivity index is 2.54. The summed E-state index contributed by atoms with van der Waals surface area (Å²) in [4.78, 5) is 13.1. The van der Waals surface area contributed by atoms with Crippen LogP contribution in [0.15, 0.2) is 24.3 Å². The number of nitrogens with one attached hydrogen (secondary N) is 1. The van der Waals surface area contributed by atoms with E-state index in [4.69, 9.17) is 9.47 Å². The maximum absolute atomic E-state index is 13.1. The van der Waals surface area contributed by atoms with E-state index in [2.05, 4.69) is 35.5 Å². The minimum atomic E-state index is -5.12. The Morgan fingerprint density at radius 2 is 1.10 bits per heavy atom. The van der Waals surface area contributed by atoms with E-state index >= 15 is 0 Å². The van der Waals surface area contributed by atoms with Gasteiger partial charge < -0.3 is 40.3 Å². The molecule has 1 fully saturated rings. The van der Waals surface area contributed by atoms with Crippen molar-refractivity contribution in [1.82, 2.24) is 5.32 Å². The molecule has 8 atom stereocenters. The third kappa shape index (κ3) is 29.0. The fraction of sp³-hybridized carbons (Fsp3) is 0.891. The van der Waals surface area contributed by atoms with Gasteiger partial charge in [-0.15, -0.1) is 0 Å². The monoisotopic (exact) mass is 878 g/mol. The number of aliphatic hydroxyl groups is 5. The second kappa shape index (κ2) is 37.0. The molecule has 0 radical (unpaired) electrons. The van der Waals surface area contributed by atoms with Crippen LogP contribution in [0.3, 0.4) is 0 Å². The smallest absolute Gasteiger partial charge is 0.394 e. The van der Waals surface area contributed by atoms with Crippen LogP contribution in [0.1, 0.15) is 200 Å². The van der Waals surface area contributed by atoms with Crippen molar-refractivity contribution < 1.29 is 57.0 Å². The van der Waals surface area contributed by atoms with Crippen LogP contribution in [-0.2, 0) is 28.9 Å². The van der Waals surface area contributed by atoms with Crippen molar-refractivity contribution in [2.45, 2.75) is 249 Å². The summed E-state index contributed by atoms with van der Waals surface area (Å²) < 4.78 is 47.5. The van der Waals surface area contributed by atoms with Gasteiger partial charge in [0, 0.05) is 0 Å². The summed E-state index contributed by atoms with van der Waals surface area (Å²) in [5.74, 6) is -0.707. The Kier molecular flexibility index (Phi) is 34.8. The zero-order chi connectivity index (χ0) is 44.3. The molecule has 8 unspecified atom stereocenters. The van der Waals surface area contributed by atoms with Crippen LogP contribution in [-0.4, -0.2) is 107 Å². The molecule has 1 amide bonds. The summed E-state index contributed by atoms with van der Waals surface area (Å²) in [6.07, 6.45) is 29.8. The van der Waals surface area contributed by atoms with Crippen LogP contribution in [0.4, 0.5) is 0 Å². The van der Waals surface area contributed by atoms with Crippen molar-refractivity contribution in [3.63, 3.8) is 0 Å². The fourth-order valence-corrected chi connectivity index (χ4v) is 8.02. The van der Waals surface area contributed by atoms with E-state index in [1.165, 1.54) is 109 Å². The molecule has 1 aliphatic rings. The predicted octanol–water partition coefficient (Wildman–Crippen LogP) is 8.30. The molecule has 1 saturated heterocycles. The van der Waals surface area contributed by atoms with Crippen molar-refractivity contribution in [2.75, 3.05) is 13.2 Å². The molecule has 7 N–H and O–H groups in total. The molecule has 1 rings (SSSR count). The third-order valence-corrected chi connectivity index (χ3v) is 11.8. The van der Waals surface area contributed by atoms with Gasteiger partial charge in [-0.25, -0.2) is 4.18 Å². The first-order chi connectivity index (χ1) is 28.9. The molecule has 0 aromatic rings. The number of hydrogen-bond donors (Lipinski definition) is 7. The maximum Gasteiger partial charge on any atom is 0.397 e. The van der Waals surface area contributed by atoms with Crippen molar-refractivity contribution in [3.05, 3.63) is 24.3 Å². The van der Waals surface area contributed by atoms with Gasteiger partial charge in [-0.05, 0) is 44.9 Å². The van der Waals surface area contributed by atoms with Gasteiger partial charge in [0.1, 0.15) is 30.5 Å². The molecule has 0 spiro atoms. The van der Waals surface area contributed by atoms with Crippen LogP contribution in [0.2, 0.25) is 0 Å².